The van der Waals surface area contributed by atoms with E-state index >= 15 is 0 Å². The lowest BCUT2D eigenvalue weighted by atomic mass is 10.2. The van der Waals surface area contributed by atoms with Gasteiger partial charge in [-0.1, -0.05) is 0 Å². The van der Waals surface area contributed by atoms with Crippen molar-refractivity contribution in [3.05, 3.63) is 17.6 Å². The highest BCUT2D eigenvalue weighted by molar-refractivity contribution is 7.16. The second-order valence-corrected chi connectivity index (χ2v) is 5.35. The Morgan fingerprint density at radius 2 is 2.15 bits per heavy atom. The van der Waals surface area contributed by atoms with Crippen molar-refractivity contribution in [2.24, 2.45) is 0 Å². The number of nitrogens with two attached hydrogens (primary N) is 1. The van der Waals surface area contributed by atoms with Gasteiger partial charge in [0.2, 0.25) is 0 Å². The van der Waals surface area contributed by atoms with Crippen LogP contribution in [0, 0.1) is 0 Å². The number of ether oxygens (including phenoxy) is 2. The summed E-state index contributed by atoms with van der Waals surface area (Å²) in [6.45, 7) is 2.97. The number of aromatic nitrogens is 1. The molecule has 5 nitrogen and oxygen atoms in total. The van der Waals surface area contributed by atoms with Crippen molar-refractivity contribution in [2.75, 3.05) is 44.5 Å². The largest absolute Gasteiger partial charge is 0.395 e. The molecule has 1 heterocycles. The summed E-state index contributed by atoms with van der Waals surface area (Å²) in [5.74, 6) is 0. The highest BCUT2D eigenvalue weighted by Gasteiger charge is 2.05. The maximum Gasteiger partial charge on any atom is 0.106 e. The molecule has 2 aromatic rings. The van der Waals surface area contributed by atoms with Crippen molar-refractivity contribution in [1.82, 2.24) is 4.98 Å². The number of thiazole rings is 1. The molecule has 0 aliphatic heterocycles. The van der Waals surface area contributed by atoms with Crippen molar-refractivity contribution < 1.29 is 9.47 Å². The smallest absolute Gasteiger partial charge is 0.106 e. The molecule has 0 fully saturated rings. The van der Waals surface area contributed by atoms with Crippen LogP contribution in [0.5, 0.6) is 0 Å². The first-order valence-electron chi connectivity index (χ1n) is 6.75. The van der Waals surface area contributed by atoms with Gasteiger partial charge in [-0.25, -0.2) is 4.98 Å². The molecule has 0 aliphatic carbocycles. The van der Waals surface area contributed by atoms with Crippen molar-refractivity contribution in [3.8, 4) is 0 Å². The van der Waals surface area contributed by atoms with Crippen LogP contribution in [0.4, 0.5) is 11.4 Å². The van der Waals surface area contributed by atoms with Gasteiger partial charge in [-0.05, 0) is 25.0 Å². The van der Waals surface area contributed by atoms with Crippen LogP contribution < -0.4 is 11.1 Å². The zero-order valence-corrected chi connectivity index (χ0v) is 12.5. The summed E-state index contributed by atoms with van der Waals surface area (Å²) in [4.78, 5) is 4.29. The number of hydrogen-bond donors (Lipinski definition) is 2. The zero-order chi connectivity index (χ0) is 14.2. The first-order valence-corrected chi connectivity index (χ1v) is 7.63. The molecule has 0 radical (unpaired) electrons. The molecular weight excluding hydrogens is 274 g/mol. The monoisotopic (exact) mass is 295 g/mol. The second kappa shape index (κ2) is 8.04. The van der Waals surface area contributed by atoms with Crippen LogP contribution in [0.1, 0.15) is 12.8 Å². The second-order valence-electron chi connectivity index (χ2n) is 4.46. The Hall–Kier alpha value is -1.37. The lowest BCUT2D eigenvalue weighted by Crippen LogP contribution is -2.07. The highest BCUT2D eigenvalue weighted by Crippen LogP contribution is 2.29. The van der Waals surface area contributed by atoms with Gasteiger partial charge in [-0.2, -0.15) is 0 Å². The Morgan fingerprint density at radius 1 is 1.25 bits per heavy atom. The quantitative estimate of drug-likeness (QED) is 0.550. The minimum atomic E-state index is 0.655. The highest BCUT2D eigenvalue weighted by atomic mass is 32.1. The van der Waals surface area contributed by atoms with Crippen LogP contribution in [0.3, 0.4) is 0 Å². The molecule has 0 amide bonds. The van der Waals surface area contributed by atoms with E-state index in [-0.39, 0.29) is 0 Å². The van der Waals surface area contributed by atoms with Crippen LogP contribution in [0.2, 0.25) is 0 Å². The third-order valence-corrected chi connectivity index (χ3v) is 3.80. The van der Waals surface area contributed by atoms with Crippen molar-refractivity contribution >= 4 is 32.9 Å². The van der Waals surface area contributed by atoms with Crippen molar-refractivity contribution in [3.63, 3.8) is 0 Å². The Balaban J connectivity index is 1.69. The number of nitrogen functional groups attached to an aromatic ring is 1. The predicted octanol–water partition coefficient (Wildman–Crippen LogP) is 2.73. The molecule has 110 valence electrons. The first-order chi connectivity index (χ1) is 9.83. The Bertz CT molecular complexity index is 530. The van der Waals surface area contributed by atoms with Crippen LogP contribution in [0.15, 0.2) is 17.6 Å². The number of nitrogens with zero attached hydrogens (tertiary/aromatic N) is 1. The molecule has 3 N–H and O–H groups in total. The van der Waals surface area contributed by atoms with E-state index < -0.39 is 0 Å². The summed E-state index contributed by atoms with van der Waals surface area (Å²) in [5, 5.41) is 3.36. The molecule has 0 aliphatic rings. The molecule has 0 unspecified atom stereocenters. The number of nitrogens with one attached hydrogen (secondary N) is 1. The number of hydrogen-bond acceptors (Lipinski definition) is 6. The SMILES string of the molecule is COCCOCCCCNc1ccc2scnc2c1N. The van der Waals surface area contributed by atoms with Gasteiger partial charge < -0.3 is 20.5 Å². The van der Waals surface area contributed by atoms with E-state index in [1.165, 1.54) is 0 Å². The maximum atomic E-state index is 6.10. The van der Waals surface area contributed by atoms with Crippen LogP contribution in [0.25, 0.3) is 10.2 Å². The van der Waals surface area contributed by atoms with Gasteiger partial charge in [0.1, 0.15) is 5.52 Å². The summed E-state index contributed by atoms with van der Waals surface area (Å²) in [5.41, 5.74) is 10.5. The fourth-order valence-electron chi connectivity index (χ4n) is 1.90. The summed E-state index contributed by atoms with van der Waals surface area (Å²) >= 11 is 1.61. The summed E-state index contributed by atoms with van der Waals surface area (Å²) in [6, 6.07) is 4.07. The fraction of sp³-hybridized carbons (Fsp3) is 0.500. The van der Waals surface area contributed by atoms with Crippen LogP contribution in [-0.4, -0.2) is 38.5 Å². The average molecular weight is 295 g/mol. The van der Waals surface area contributed by atoms with Crippen molar-refractivity contribution in [2.45, 2.75) is 12.8 Å². The van der Waals surface area contributed by atoms with Crippen LogP contribution >= 0.6 is 11.3 Å². The first kappa shape index (κ1) is 15.0. The summed E-state index contributed by atoms with van der Waals surface area (Å²) in [6.07, 6.45) is 2.07. The number of rotatable bonds is 9. The van der Waals surface area contributed by atoms with Crippen molar-refractivity contribution in [1.29, 1.82) is 0 Å². The van der Waals surface area contributed by atoms with Gasteiger partial charge in [0.05, 0.1) is 34.8 Å². The van der Waals surface area contributed by atoms with Gasteiger partial charge in [0.25, 0.3) is 0 Å². The molecule has 6 heteroatoms. The normalized spacial score (nSPS) is 11.1. The Morgan fingerprint density at radius 3 is 3.00 bits per heavy atom. The fourth-order valence-corrected chi connectivity index (χ4v) is 2.60. The number of methoxy groups -OCH3 is 1. The topological polar surface area (TPSA) is 69.4 Å². The van der Waals surface area contributed by atoms with E-state index in [2.05, 4.69) is 16.4 Å². The average Bonchev–Trinajstić information content (AvgIpc) is 2.93. The van der Waals surface area contributed by atoms with E-state index in [0.717, 1.165) is 47.6 Å². The van der Waals surface area contributed by atoms with Crippen LogP contribution in [-0.2, 0) is 9.47 Å². The molecular formula is C14H21N3O2S. The lowest BCUT2D eigenvalue weighted by Gasteiger charge is -2.09. The molecule has 0 bridgehead atoms. The standard InChI is InChI=1S/C14H21N3O2S/c1-18-8-9-19-7-3-2-6-16-11-4-5-12-14(13(11)15)17-10-20-12/h4-5,10,16H,2-3,6-9,15H2,1H3. The van der Waals surface area contributed by atoms with Gasteiger partial charge in [-0.3, -0.25) is 0 Å². The molecule has 20 heavy (non-hydrogen) atoms. The van der Waals surface area contributed by atoms with E-state index in [4.69, 9.17) is 15.2 Å². The zero-order valence-electron chi connectivity index (χ0n) is 11.7. The molecule has 0 saturated heterocycles. The number of unbranched alkanes of at least 4 members (excludes halogenated alkanes) is 1. The molecule has 1 aromatic heterocycles. The Kier molecular flexibility index (Phi) is 6.04. The summed E-state index contributed by atoms with van der Waals surface area (Å²) in [7, 11) is 1.68. The van der Waals surface area contributed by atoms with Gasteiger partial charge in [-0.15, -0.1) is 11.3 Å². The number of fused-ring (bicyclic) bond motifs is 1. The van der Waals surface area contributed by atoms with E-state index in [1.807, 2.05) is 11.6 Å². The third kappa shape index (κ3) is 4.06. The van der Waals surface area contributed by atoms with Gasteiger partial charge in [0.15, 0.2) is 0 Å². The molecule has 0 spiro atoms. The van der Waals surface area contributed by atoms with E-state index in [9.17, 15) is 0 Å². The number of anilines is 2. The molecule has 0 atom stereocenters. The van der Waals surface area contributed by atoms with Gasteiger partial charge >= 0.3 is 0 Å². The number of benzene rings is 1. The third-order valence-electron chi connectivity index (χ3n) is 3.00. The predicted molar refractivity (Wildman–Crippen MR) is 84.5 cm³/mol. The minimum Gasteiger partial charge on any atom is -0.395 e. The molecule has 2 rings (SSSR count). The lowest BCUT2D eigenvalue weighted by molar-refractivity contribution is 0.0691. The van der Waals surface area contributed by atoms with E-state index in [0.29, 0.717) is 13.2 Å². The summed E-state index contributed by atoms with van der Waals surface area (Å²) < 4.78 is 11.4. The maximum absolute atomic E-state index is 6.10. The minimum absolute atomic E-state index is 0.655. The van der Waals surface area contributed by atoms with Gasteiger partial charge in [0, 0.05) is 20.3 Å². The van der Waals surface area contributed by atoms with E-state index in [1.54, 1.807) is 18.4 Å². The molecule has 0 saturated carbocycles. The molecule has 1 aromatic carbocycles. The Labute approximate surface area is 123 Å².